The van der Waals surface area contributed by atoms with Gasteiger partial charge in [-0.15, -0.1) is 0 Å². The smallest absolute Gasteiger partial charge is 0.0462 e. The molecule has 1 N–H and O–H groups in total. The Hall–Kier alpha value is -0.120. The first-order valence-electron chi connectivity index (χ1n) is 5.82. The highest BCUT2D eigenvalue weighted by Gasteiger charge is 2.35. The second-order valence-corrected chi connectivity index (χ2v) is 4.64. The topological polar surface area (TPSA) is 24.5 Å². The zero-order chi connectivity index (χ0) is 9.80. The summed E-state index contributed by atoms with van der Waals surface area (Å²) < 4.78 is 5.05. The molecule has 0 unspecified atom stereocenters. The molecule has 2 atom stereocenters. The SMILES string of the molecule is COCCCCN1C[C@H]2CNC[C@H]2C1. The van der Waals surface area contributed by atoms with Crippen LogP contribution in [-0.4, -0.2) is 51.3 Å². The molecule has 2 fully saturated rings. The third-order valence-electron chi connectivity index (χ3n) is 3.54. The van der Waals surface area contributed by atoms with Gasteiger partial charge in [0.2, 0.25) is 0 Å². The lowest BCUT2D eigenvalue weighted by molar-refractivity contribution is 0.186. The van der Waals surface area contributed by atoms with Crippen molar-refractivity contribution < 1.29 is 4.74 Å². The van der Waals surface area contributed by atoms with Crippen molar-refractivity contribution >= 4 is 0 Å². The minimum atomic E-state index is 0.919. The number of hydrogen-bond acceptors (Lipinski definition) is 3. The summed E-state index contributed by atoms with van der Waals surface area (Å²) in [5.41, 5.74) is 0. The summed E-state index contributed by atoms with van der Waals surface area (Å²) in [6.07, 6.45) is 2.50. The van der Waals surface area contributed by atoms with Crippen molar-refractivity contribution in [1.29, 1.82) is 0 Å². The van der Waals surface area contributed by atoms with Gasteiger partial charge < -0.3 is 15.0 Å². The molecule has 0 spiro atoms. The van der Waals surface area contributed by atoms with Gasteiger partial charge in [0.05, 0.1) is 0 Å². The lowest BCUT2D eigenvalue weighted by atomic mass is 10.0. The zero-order valence-electron chi connectivity index (χ0n) is 9.17. The molecule has 2 aliphatic heterocycles. The van der Waals surface area contributed by atoms with E-state index in [2.05, 4.69) is 10.2 Å². The average Bonchev–Trinajstić information content (AvgIpc) is 2.72. The van der Waals surface area contributed by atoms with Gasteiger partial charge in [0.25, 0.3) is 0 Å². The van der Waals surface area contributed by atoms with Crippen molar-refractivity contribution in [3.05, 3.63) is 0 Å². The number of unbranched alkanes of at least 4 members (excludes halogenated alkanes) is 1. The van der Waals surface area contributed by atoms with Crippen LogP contribution in [0.5, 0.6) is 0 Å². The summed E-state index contributed by atoms with van der Waals surface area (Å²) >= 11 is 0. The summed E-state index contributed by atoms with van der Waals surface area (Å²) in [4.78, 5) is 2.63. The van der Waals surface area contributed by atoms with Gasteiger partial charge in [0, 0.05) is 26.8 Å². The number of nitrogens with zero attached hydrogens (tertiary/aromatic N) is 1. The molecule has 3 nitrogen and oxygen atoms in total. The van der Waals surface area contributed by atoms with Crippen LogP contribution in [0.3, 0.4) is 0 Å². The Labute approximate surface area is 86.8 Å². The lowest BCUT2D eigenvalue weighted by Gasteiger charge is -2.16. The van der Waals surface area contributed by atoms with E-state index in [1.165, 1.54) is 45.6 Å². The summed E-state index contributed by atoms with van der Waals surface area (Å²) in [6, 6.07) is 0. The van der Waals surface area contributed by atoms with Crippen molar-refractivity contribution in [2.75, 3.05) is 46.4 Å². The van der Waals surface area contributed by atoms with Gasteiger partial charge in [-0.2, -0.15) is 0 Å². The van der Waals surface area contributed by atoms with Crippen LogP contribution in [0, 0.1) is 11.8 Å². The van der Waals surface area contributed by atoms with Crippen LogP contribution in [0.4, 0.5) is 0 Å². The average molecular weight is 198 g/mol. The maximum absolute atomic E-state index is 5.05. The molecule has 2 saturated heterocycles. The van der Waals surface area contributed by atoms with Gasteiger partial charge >= 0.3 is 0 Å². The first-order valence-corrected chi connectivity index (χ1v) is 5.82. The fourth-order valence-corrected chi connectivity index (χ4v) is 2.72. The van der Waals surface area contributed by atoms with Crippen LogP contribution >= 0.6 is 0 Å². The largest absolute Gasteiger partial charge is 0.385 e. The van der Waals surface area contributed by atoms with Crippen molar-refractivity contribution in [3.8, 4) is 0 Å². The fraction of sp³-hybridized carbons (Fsp3) is 1.00. The number of likely N-dealkylation sites (tertiary alicyclic amines) is 1. The molecule has 2 rings (SSSR count). The Bertz CT molecular complexity index is 163. The minimum Gasteiger partial charge on any atom is -0.385 e. The van der Waals surface area contributed by atoms with E-state index in [1.807, 2.05) is 0 Å². The summed E-state index contributed by atoms with van der Waals surface area (Å²) in [6.45, 7) is 7.34. The van der Waals surface area contributed by atoms with Gasteiger partial charge in [0.1, 0.15) is 0 Å². The van der Waals surface area contributed by atoms with E-state index in [0.29, 0.717) is 0 Å². The fourth-order valence-electron chi connectivity index (χ4n) is 2.72. The highest BCUT2D eigenvalue weighted by Crippen LogP contribution is 2.26. The first kappa shape index (κ1) is 10.4. The molecular formula is C11H22N2O. The minimum absolute atomic E-state index is 0.919. The first-order chi connectivity index (χ1) is 6.90. The monoisotopic (exact) mass is 198 g/mol. The van der Waals surface area contributed by atoms with Crippen LogP contribution in [0.25, 0.3) is 0 Å². The second-order valence-electron chi connectivity index (χ2n) is 4.64. The Morgan fingerprint density at radius 1 is 1.21 bits per heavy atom. The predicted octanol–water partition coefficient (Wildman–Crippen LogP) is 0.564. The van der Waals surface area contributed by atoms with E-state index in [0.717, 1.165) is 18.4 Å². The van der Waals surface area contributed by atoms with Gasteiger partial charge in [-0.05, 0) is 44.3 Å². The number of ether oxygens (including phenoxy) is 1. The third kappa shape index (κ3) is 2.47. The molecule has 0 saturated carbocycles. The van der Waals surface area contributed by atoms with E-state index in [1.54, 1.807) is 7.11 Å². The molecule has 0 aromatic rings. The summed E-state index contributed by atoms with van der Waals surface area (Å²) in [5, 5.41) is 3.47. The highest BCUT2D eigenvalue weighted by atomic mass is 16.5. The summed E-state index contributed by atoms with van der Waals surface area (Å²) in [7, 11) is 1.78. The van der Waals surface area contributed by atoms with Crippen molar-refractivity contribution in [2.24, 2.45) is 11.8 Å². The molecule has 14 heavy (non-hydrogen) atoms. The van der Waals surface area contributed by atoms with E-state index in [-0.39, 0.29) is 0 Å². The molecule has 0 aliphatic carbocycles. The number of fused-ring (bicyclic) bond motifs is 1. The van der Waals surface area contributed by atoms with Gasteiger partial charge in [-0.3, -0.25) is 0 Å². The van der Waals surface area contributed by atoms with Crippen LogP contribution < -0.4 is 5.32 Å². The molecule has 2 heterocycles. The van der Waals surface area contributed by atoms with E-state index in [9.17, 15) is 0 Å². The maximum atomic E-state index is 5.05. The zero-order valence-corrected chi connectivity index (χ0v) is 9.17. The molecule has 82 valence electrons. The van der Waals surface area contributed by atoms with Crippen molar-refractivity contribution in [1.82, 2.24) is 10.2 Å². The quantitative estimate of drug-likeness (QED) is 0.653. The number of rotatable bonds is 5. The van der Waals surface area contributed by atoms with Crippen LogP contribution in [-0.2, 0) is 4.74 Å². The summed E-state index contributed by atoms with van der Waals surface area (Å²) in [5.74, 6) is 1.88. The molecule has 3 heteroatoms. The number of methoxy groups -OCH3 is 1. The third-order valence-corrected chi connectivity index (χ3v) is 3.54. The van der Waals surface area contributed by atoms with Crippen LogP contribution in [0.2, 0.25) is 0 Å². The Balaban J connectivity index is 1.60. The number of hydrogen-bond donors (Lipinski definition) is 1. The van der Waals surface area contributed by atoms with Crippen LogP contribution in [0.1, 0.15) is 12.8 Å². The molecule has 0 aromatic heterocycles. The van der Waals surface area contributed by atoms with Crippen molar-refractivity contribution in [2.45, 2.75) is 12.8 Å². The maximum Gasteiger partial charge on any atom is 0.0462 e. The van der Waals surface area contributed by atoms with E-state index in [4.69, 9.17) is 4.74 Å². The van der Waals surface area contributed by atoms with Crippen LogP contribution in [0.15, 0.2) is 0 Å². The Morgan fingerprint density at radius 3 is 2.57 bits per heavy atom. The molecule has 0 aromatic carbocycles. The van der Waals surface area contributed by atoms with E-state index < -0.39 is 0 Å². The van der Waals surface area contributed by atoms with Crippen molar-refractivity contribution in [3.63, 3.8) is 0 Å². The van der Waals surface area contributed by atoms with Gasteiger partial charge in [-0.25, -0.2) is 0 Å². The molecule has 0 bridgehead atoms. The molecule has 0 radical (unpaired) electrons. The normalized spacial score (nSPS) is 32.4. The predicted molar refractivity (Wildman–Crippen MR) is 57.4 cm³/mol. The Kier molecular flexibility index (Phi) is 3.79. The standard InChI is InChI=1S/C11H22N2O/c1-14-5-3-2-4-13-8-10-6-12-7-11(10)9-13/h10-12H,2-9H2,1H3/t10-,11+. The van der Waals surface area contributed by atoms with Gasteiger partial charge in [-0.1, -0.05) is 0 Å². The molecular weight excluding hydrogens is 176 g/mol. The molecule has 2 aliphatic rings. The number of nitrogens with one attached hydrogen (secondary N) is 1. The van der Waals surface area contributed by atoms with Gasteiger partial charge in [0.15, 0.2) is 0 Å². The second kappa shape index (κ2) is 5.10. The van der Waals surface area contributed by atoms with E-state index >= 15 is 0 Å². The molecule has 0 amide bonds. The highest BCUT2D eigenvalue weighted by molar-refractivity contribution is 4.90. The lowest BCUT2D eigenvalue weighted by Crippen LogP contribution is -2.26. The Morgan fingerprint density at radius 2 is 1.93 bits per heavy atom.